The monoisotopic (exact) mass is 382 g/mol. The van der Waals surface area contributed by atoms with Gasteiger partial charge in [0, 0.05) is 6.07 Å². The lowest BCUT2D eigenvalue weighted by atomic mass is 10.2. The number of halogens is 1. The summed E-state index contributed by atoms with van der Waals surface area (Å²) >= 11 is 5.66. The third kappa shape index (κ3) is 5.92. The first-order chi connectivity index (χ1) is 11.8. The zero-order chi connectivity index (χ0) is 18.4. The predicted molar refractivity (Wildman–Crippen MR) is 102 cm³/mol. The summed E-state index contributed by atoms with van der Waals surface area (Å²) in [4.78, 5) is 2.52. The van der Waals surface area contributed by atoms with Crippen molar-refractivity contribution in [2.45, 2.75) is 24.7 Å². The Balaban J connectivity index is 0.000000316. The number of aryl methyl sites for hydroxylation is 1. The molecular formula is C18H23ClN2O3S. The van der Waals surface area contributed by atoms with Crippen LogP contribution in [0.5, 0.6) is 5.75 Å². The largest absolute Gasteiger partial charge is 0.506 e. The SMILES string of the molecule is CN1CCCC1.Cc1ccc(S(=O)(=O)Nc2ccc(Cl)c(O)c2)cc1. The van der Waals surface area contributed by atoms with Crippen LogP contribution in [0.15, 0.2) is 47.4 Å². The van der Waals surface area contributed by atoms with Gasteiger partial charge < -0.3 is 10.0 Å². The summed E-state index contributed by atoms with van der Waals surface area (Å²) in [5.74, 6) is -0.175. The topological polar surface area (TPSA) is 69.6 Å². The van der Waals surface area contributed by atoms with Gasteiger partial charge in [0.05, 0.1) is 15.6 Å². The number of phenolic OH excluding ortho intramolecular Hbond substituents is 1. The normalized spacial score (nSPS) is 14.7. The molecule has 0 spiro atoms. The maximum Gasteiger partial charge on any atom is 0.261 e. The Labute approximate surface area is 154 Å². The molecule has 1 aliphatic rings. The molecule has 25 heavy (non-hydrogen) atoms. The third-order valence-corrected chi connectivity index (χ3v) is 5.58. The fraction of sp³-hybridized carbons (Fsp3) is 0.333. The second-order valence-electron chi connectivity index (χ2n) is 6.10. The summed E-state index contributed by atoms with van der Waals surface area (Å²) in [6.07, 6.45) is 2.83. The number of phenols is 1. The highest BCUT2D eigenvalue weighted by atomic mass is 35.5. The molecule has 0 aromatic heterocycles. The highest BCUT2D eigenvalue weighted by Crippen LogP contribution is 2.27. The summed E-state index contributed by atoms with van der Waals surface area (Å²) in [7, 11) is -1.49. The molecule has 7 heteroatoms. The van der Waals surface area contributed by atoms with Gasteiger partial charge in [0.25, 0.3) is 10.0 Å². The molecule has 0 bridgehead atoms. The number of benzene rings is 2. The van der Waals surface area contributed by atoms with Gasteiger partial charge in [0.1, 0.15) is 5.75 Å². The van der Waals surface area contributed by atoms with Gasteiger partial charge in [-0.25, -0.2) is 8.42 Å². The Morgan fingerprint density at radius 2 is 1.68 bits per heavy atom. The van der Waals surface area contributed by atoms with Crippen molar-refractivity contribution in [1.29, 1.82) is 0 Å². The van der Waals surface area contributed by atoms with Crippen molar-refractivity contribution in [2.75, 3.05) is 24.9 Å². The minimum Gasteiger partial charge on any atom is -0.506 e. The van der Waals surface area contributed by atoms with Gasteiger partial charge >= 0.3 is 0 Å². The molecule has 0 aliphatic carbocycles. The van der Waals surface area contributed by atoms with Crippen LogP contribution < -0.4 is 4.72 Å². The van der Waals surface area contributed by atoms with Gasteiger partial charge in [-0.05, 0) is 64.2 Å². The van der Waals surface area contributed by atoms with E-state index in [1.807, 2.05) is 6.92 Å². The van der Waals surface area contributed by atoms with Crippen LogP contribution in [0.3, 0.4) is 0 Å². The van der Waals surface area contributed by atoms with E-state index in [0.29, 0.717) is 0 Å². The molecule has 1 aliphatic heterocycles. The van der Waals surface area contributed by atoms with E-state index in [1.165, 1.54) is 56.3 Å². The van der Waals surface area contributed by atoms with Gasteiger partial charge in [0.15, 0.2) is 0 Å². The van der Waals surface area contributed by atoms with E-state index < -0.39 is 10.0 Å². The van der Waals surface area contributed by atoms with E-state index in [0.717, 1.165) is 5.56 Å². The number of likely N-dealkylation sites (tertiary alicyclic amines) is 1. The molecule has 136 valence electrons. The third-order valence-electron chi connectivity index (χ3n) is 3.86. The molecule has 0 atom stereocenters. The lowest BCUT2D eigenvalue weighted by Crippen LogP contribution is -2.12. The smallest absolute Gasteiger partial charge is 0.261 e. The average molecular weight is 383 g/mol. The summed E-state index contributed by atoms with van der Waals surface area (Å²) in [5, 5.41) is 9.60. The van der Waals surface area contributed by atoms with Crippen molar-refractivity contribution in [2.24, 2.45) is 0 Å². The first kappa shape index (κ1) is 19.6. The van der Waals surface area contributed by atoms with Crippen molar-refractivity contribution in [3.05, 3.63) is 53.1 Å². The van der Waals surface area contributed by atoms with Crippen molar-refractivity contribution in [3.63, 3.8) is 0 Å². The second-order valence-corrected chi connectivity index (χ2v) is 8.18. The molecule has 5 nitrogen and oxygen atoms in total. The van der Waals surface area contributed by atoms with E-state index in [1.54, 1.807) is 12.1 Å². The van der Waals surface area contributed by atoms with Crippen molar-refractivity contribution in [1.82, 2.24) is 4.90 Å². The minimum atomic E-state index is -3.66. The molecule has 0 amide bonds. The van der Waals surface area contributed by atoms with E-state index in [-0.39, 0.29) is 21.4 Å². The van der Waals surface area contributed by atoms with Crippen LogP contribution in [-0.4, -0.2) is 38.6 Å². The van der Waals surface area contributed by atoms with Crippen LogP contribution in [-0.2, 0) is 10.0 Å². The lowest BCUT2D eigenvalue weighted by Gasteiger charge is -2.09. The molecular weight excluding hydrogens is 360 g/mol. The summed E-state index contributed by atoms with van der Waals surface area (Å²) < 4.78 is 26.5. The number of aromatic hydroxyl groups is 1. The highest BCUT2D eigenvalue weighted by molar-refractivity contribution is 7.92. The van der Waals surface area contributed by atoms with E-state index in [9.17, 15) is 13.5 Å². The number of hydrogen-bond donors (Lipinski definition) is 2. The maximum atomic E-state index is 12.1. The highest BCUT2D eigenvalue weighted by Gasteiger charge is 2.14. The number of hydrogen-bond acceptors (Lipinski definition) is 4. The fourth-order valence-corrected chi connectivity index (χ4v) is 3.55. The number of nitrogens with one attached hydrogen (secondary N) is 1. The Morgan fingerprint density at radius 1 is 1.08 bits per heavy atom. The van der Waals surface area contributed by atoms with Crippen LogP contribution in [0.1, 0.15) is 18.4 Å². The first-order valence-corrected chi connectivity index (χ1v) is 9.90. The molecule has 1 fully saturated rings. The van der Waals surface area contributed by atoms with Crippen LogP contribution in [0.25, 0.3) is 0 Å². The van der Waals surface area contributed by atoms with Crippen LogP contribution in [0, 0.1) is 6.92 Å². The Bertz CT molecular complexity index is 802. The van der Waals surface area contributed by atoms with Gasteiger partial charge in [-0.1, -0.05) is 29.3 Å². The summed E-state index contributed by atoms with van der Waals surface area (Å²) in [6.45, 7) is 4.51. The Kier molecular flexibility index (Phi) is 6.70. The van der Waals surface area contributed by atoms with Crippen molar-refractivity contribution >= 4 is 27.3 Å². The number of rotatable bonds is 3. The first-order valence-electron chi connectivity index (χ1n) is 8.04. The average Bonchev–Trinajstić information content (AvgIpc) is 3.03. The van der Waals surface area contributed by atoms with Gasteiger partial charge in [-0.3, -0.25) is 4.72 Å². The quantitative estimate of drug-likeness (QED) is 0.845. The fourth-order valence-electron chi connectivity index (χ4n) is 2.38. The predicted octanol–water partition coefficient (Wildman–Crippen LogP) is 3.87. The minimum absolute atomic E-state index is 0.160. The van der Waals surface area contributed by atoms with Crippen molar-refractivity contribution in [3.8, 4) is 5.75 Å². The number of nitrogens with zero attached hydrogens (tertiary/aromatic N) is 1. The van der Waals surface area contributed by atoms with Crippen LogP contribution in [0.2, 0.25) is 5.02 Å². The van der Waals surface area contributed by atoms with Gasteiger partial charge in [0.2, 0.25) is 0 Å². The van der Waals surface area contributed by atoms with Crippen LogP contribution >= 0.6 is 11.6 Å². The van der Waals surface area contributed by atoms with E-state index >= 15 is 0 Å². The molecule has 0 unspecified atom stereocenters. The Hall–Kier alpha value is -1.76. The Morgan fingerprint density at radius 3 is 2.16 bits per heavy atom. The molecule has 2 aromatic carbocycles. The number of anilines is 1. The molecule has 2 aromatic rings. The molecule has 1 saturated heterocycles. The zero-order valence-electron chi connectivity index (χ0n) is 14.4. The van der Waals surface area contributed by atoms with E-state index in [4.69, 9.17) is 11.6 Å². The standard InChI is InChI=1S/C13H12ClNO3S.C5H11N/c1-9-2-5-11(6-3-9)19(17,18)15-10-4-7-12(14)13(16)8-10;1-6-4-2-3-5-6/h2-8,15-16H,1H3;2-5H2,1H3. The number of sulfonamides is 1. The molecule has 0 radical (unpaired) electrons. The van der Waals surface area contributed by atoms with Crippen molar-refractivity contribution < 1.29 is 13.5 Å². The summed E-state index contributed by atoms with van der Waals surface area (Å²) in [6, 6.07) is 10.6. The van der Waals surface area contributed by atoms with Gasteiger partial charge in [-0.15, -0.1) is 0 Å². The molecule has 2 N–H and O–H groups in total. The molecule has 1 heterocycles. The maximum absolute atomic E-state index is 12.1. The molecule has 0 saturated carbocycles. The lowest BCUT2D eigenvalue weighted by molar-refractivity contribution is 0.418. The second kappa shape index (κ2) is 8.56. The van der Waals surface area contributed by atoms with Gasteiger partial charge in [-0.2, -0.15) is 0 Å². The van der Waals surface area contributed by atoms with E-state index in [2.05, 4.69) is 16.7 Å². The summed E-state index contributed by atoms with van der Waals surface area (Å²) in [5.41, 5.74) is 1.23. The van der Waals surface area contributed by atoms with Crippen LogP contribution in [0.4, 0.5) is 5.69 Å². The molecule has 3 rings (SSSR count). The zero-order valence-corrected chi connectivity index (χ0v) is 15.9.